The van der Waals surface area contributed by atoms with E-state index in [0.29, 0.717) is 17.5 Å². The number of hydrogen-bond acceptors (Lipinski definition) is 5. The minimum absolute atomic E-state index is 0.00393. The van der Waals surface area contributed by atoms with Crippen molar-refractivity contribution in [2.24, 2.45) is 17.6 Å². The van der Waals surface area contributed by atoms with Crippen molar-refractivity contribution in [3.8, 4) is 0 Å². The number of likely N-dealkylation sites (tertiary alicyclic amines) is 1. The van der Waals surface area contributed by atoms with Gasteiger partial charge in [-0.25, -0.2) is 4.98 Å². The molecule has 1 aromatic rings. The largest absolute Gasteiger partial charge is 0.353 e. The summed E-state index contributed by atoms with van der Waals surface area (Å²) in [5.41, 5.74) is 6.69. The molecule has 0 saturated carbocycles. The van der Waals surface area contributed by atoms with Gasteiger partial charge in [0, 0.05) is 32.2 Å². The summed E-state index contributed by atoms with van der Waals surface area (Å²) in [6.07, 6.45) is 5.46. The monoisotopic (exact) mass is 303 g/mol. The normalized spacial score (nSPS) is 25.3. The zero-order chi connectivity index (χ0) is 15.7. The molecular formula is C16H25N5O. The first-order chi connectivity index (χ1) is 10.6. The maximum Gasteiger partial charge on any atom is 0.274 e. The number of nitrogens with zero attached hydrogens (tertiary/aromatic N) is 4. The van der Waals surface area contributed by atoms with Gasteiger partial charge in [-0.15, -0.1) is 0 Å². The molecule has 0 spiro atoms. The average molecular weight is 303 g/mol. The van der Waals surface area contributed by atoms with Crippen molar-refractivity contribution in [3.63, 3.8) is 0 Å². The van der Waals surface area contributed by atoms with Gasteiger partial charge in [-0.3, -0.25) is 9.78 Å². The Labute approximate surface area is 131 Å². The van der Waals surface area contributed by atoms with Gasteiger partial charge < -0.3 is 15.5 Å². The van der Waals surface area contributed by atoms with Crippen LogP contribution in [-0.4, -0.2) is 53.0 Å². The topological polar surface area (TPSA) is 75.4 Å². The highest BCUT2D eigenvalue weighted by molar-refractivity contribution is 5.92. The molecule has 1 amide bonds. The van der Waals surface area contributed by atoms with Crippen molar-refractivity contribution in [2.75, 3.05) is 31.1 Å². The van der Waals surface area contributed by atoms with Crippen LogP contribution in [0.25, 0.3) is 0 Å². The Bertz CT molecular complexity index is 541. The fraction of sp³-hybridized carbons (Fsp3) is 0.688. The molecule has 6 nitrogen and oxygen atoms in total. The summed E-state index contributed by atoms with van der Waals surface area (Å²) in [5, 5.41) is 0. The number of amides is 1. The fourth-order valence-electron chi connectivity index (χ4n) is 3.44. The van der Waals surface area contributed by atoms with Gasteiger partial charge in [0.15, 0.2) is 0 Å². The summed E-state index contributed by atoms with van der Waals surface area (Å²) in [4.78, 5) is 25.2. The molecule has 2 aliphatic heterocycles. The van der Waals surface area contributed by atoms with Gasteiger partial charge in [0.05, 0.1) is 12.4 Å². The van der Waals surface area contributed by atoms with Crippen molar-refractivity contribution < 1.29 is 4.79 Å². The van der Waals surface area contributed by atoms with E-state index in [1.807, 2.05) is 4.90 Å². The fourth-order valence-corrected chi connectivity index (χ4v) is 3.44. The zero-order valence-electron chi connectivity index (χ0n) is 13.4. The maximum atomic E-state index is 12.4. The predicted octanol–water partition coefficient (Wildman–Crippen LogP) is 1.13. The third kappa shape index (κ3) is 2.92. The molecule has 2 N–H and O–H groups in total. The van der Waals surface area contributed by atoms with Crippen LogP contribution in [0.1, 0.15) is 37.2 Å². The number of nitrogens with two attached hydrogens (primary N) is 1. The van der Waals surface area contributed by atoms with Crippen molar-refractivity contribution >= 4 is 11.7 Å². The summed E-state index contributed by atoms with van der Waals surface area (Å²) >= 11 is 0. The Hall–Kier alpha value is -1.69. The number of hydrogen-bond donors (Lipinski definition) is 1. The molecule has 2 aliphatic rings. The van der Waals surface area contributed by atoms with Crippen LogP contribution in [0.4, 0.5) is 5.82 Å². The molecule has 3 rings (SSSR count). The molecule has 22 heavy (non-hydrogen) atoms. The minimum Gasteiger partial charge on any atom is -0.353 e. The second kappa shape index (κ2) is 6.20. The van der Waals surface area contributed by atoms with Gasteiger partial charge in [-0.1, -0.05) is 13.8 Å². The molecular weight excluding hydrogens is 278 g/mol. The molecule has 1 aromatic heterocycles. The third-order valence-corrected chi connectivity index (χ3v) is 4.83. The Kier molecular flexibility index (Phi) is 4.29. The van der Waals surface area contributed by atoms with Crippen LogP contribution in [0.3, 0.4) is 0 Å². The predicted molar refractivity (Wildman–Crippen MR) is 85.7 cm³/mol. The molecule has 2 saturated heterocycles. The summed E-state index contributed by atoms with van der Waals surface area (Å²) in [5.74, 6) is 1.77. The van der Waals surface area contributed by atoms with Crippen LogP contribution < -0.4 is 10.6 Å². The van der Waals surface area contributed by atoms with E-state index in [9.17, 15) is 4.79 Å². The molecule has 2 atom stereocenters. The molecule has 2 fully saturated rings. The summed E-state index contributed by atoms with van der Waals surface area (Å²) in [7, 11) is 0. The third-order valence-electron chi connectivity index (χ3n) is 4.83. The van der Waals surface area contributed by atoms with E-state index in [2.05, 4.69) is 28.7 Å². The van der Waals surface area contributed by atoms with Crippen LogP contribution >= 0.6 is 0 Å². The van der Waals surface area contributed by atoms with Gasteiger partial charge >= 0.3 is 0 Å². The van der Waals surface area contributed by atoms with Crippen molar-refractivity contribution in [1.82, 2.24) is 14.9 Å². The Morgan fingerprint density at radius 2 is 2.00 bits per heavy atom. The minimum atomic E-state index is -0.00393. The molecule has 0 radical (unpaired) electrons. The van der Waals surface area contributed by atoms with Crippen LogP contribution in [-0.2, 0) is 0 Å². The Morgan fingerprint density at radius 1 is 1.27 bits per heavy atom. The van der Waals surface area contributed by atoms with Gasteiger partial charge in [0.1, 0.15) is 11.5 Å². The Balaban J connectivity index is 1.75. The highest BCUT2D eigenvalue weighted by Crippen LogP contribution is 2.26. The van der Waals surface area contributed by atoms with E-state index < -0.39 is 0 Å². The van der Waals surface area contributed by atoms with E-state index in [1.54, 1.807) is 12.4 Å². The van der Waals surface area contributed by atoms with E-state index in [-0.39, 0.29) is 11.9 Å². The molecule has 0 aromatic carbocycles. The van der Waals surface area contributed by atoms with Crippen LogP contribution in [0, 0.1) is 11.8 Å². The molecule has 6 heteroatoms. The number of aromatic nitrogens is 2. The van der Waals surface area contributed by atoms with Gasteiger partial charge in [0.2, 0.25) is 0 Å². The second-order valence-corrected chi connectivity index (χ2v) is 6.74. The SMILES string of the molecule is CC(C)[C@H]1CN(c2cncc(C(=O)N3CCCC3)n2)C[C@@H]1N. The van der Waals surface area contributed by atoms with Crippen molar-refractivity contribution in [1.29, 1.82) is 0 Å². The number of anilines is 1. The highest BCUT2D eigenvalue weighted by atomic mass is 16.2. The summed E-state index contributed by atoms with van der Waals surface area (Å²) in [6.45, 7) is 7.72. The van der Waals surface area contributed by atoms with Crippen LogP contribution in [0.15, 0.2) is 12.4 Å². The lowest BCUT2D eigenvalue weighted by Gasteiger charge is -2.20. The van der Waals surface area contributed by atoms with Gasteiger partial charge in [0.25, 0.3) is 5.91 Å². The number of rotatable bonds is 3. The lowest BCUT2D eigenvalue weighted by molar-refractivity contribution is 0.0786. The quantitative estimate of drug-likeness (QED) is 0.906. The number of carbonyl (C=O) groups is 1. The van der Waals surface area contributed by atoms with E-state index in [1.165, 1.54) is 0 Å². The lowest BCUT2D eigenvalue weighted by Crippen LogP contribution is -2.32. The van der Waals surface area contributed by atoms with Gasteiger partial charge in [-0.2, -0.15) is 0 Å². The number of carbonyl (C=O) groups excluding carboxylic acids is 1. The van der Waals surface area contributed by atoms with Crippen molar-refractivity contribution in [2.45, 2.75) is 32.7 Å². The van der Waals surface area contributed by atoms with E-state index >= 15 is 0 Å². The van der Waals surface area contributed by atoms with E-state index in [0.717, 1.165) is 44.8 Å². The standard InChI is InChI=1S/C16H25N5O/c1-11(2)12-9-21(10-13(12)17)15-8-18-7-14(19-15)16(22)20-5-3-4-6-20/h7-8,11-13H,3-6,9-10,17H2,1-2H3/t12-,13+/m1/s1. The molecule has 0 aliphatic carbocycles. The van der Waals surface area contributed by atoms with Crippen LogP contribution in [0.2, 0.25) is 0 Å². The van der Waals surface area contributed by atoms with Crippen LogP contribution in [0.5, 0.6) is 0 Å². The van der Waals surface area contributed by atoms with E-state index in [4.69, 9.17) is 5.73 Å². The molecule has 120 valence electrons. The first kappa shape index (κ1) is 15.2. The Morgan fingerprint density at radius 3 is 2.64 bits per heavy atom. The maximum absolute atomic E-state index is 12.4. The summed E-state index contributed by atoms with van der Waals surface area (Å²) < 4.78 is 0. The highest BCUT2D eigenvalue weighted by Gasteiger charge is 2.33. The lowest BCUT2D eigenvalue weighted by atomic mass is 9.92. The average Bonchev–Trinajstić information content (AvgIpc) is 3.16. The second-order valence-electron chi connectivity index (χ2n) is 6.74. The molecule has 3 heterocycles. The molecule has 0 unspecified atom stereocenters. The first-order valence-electron chi connectivity index (χ1n) is 8.18. The van der Waals surface area contributed by atoms with Gasteiger partial charge in [-0.05, 0) is 24.7 Å². The summed E-state index contributed by atoms with van der Waals surface area (Å²) in [6, 6.07) is 0.153. The zero-order valence-corrected chi connectivity index (χ0v) is 13.4. The smallest absolute Gasteiger partial charge is 0.274 e. The molecule has 0 bridgehead atoms. The van der Waals surface area contributed by atoms with Crippen molar-refractivity contribution in [3.05, 3.63) is 18.1 Å². The first-order valence-corrected chi connectivity index (χ1v) is 8.18.